The Morgan fingerprint density at radius 2 is 2.07 bits per heavy atom. The fourth-order valence-electron chi connectivity index (χ4n) is 2.76. The zero-order valence-corrected chi connectivity index (χ0v) is 19.5. The third kappa shape index (κ3) is 4.96. The van der Waals surface area contributed by atoms with Crippen molar-refractivity contribution in [2.24, 2.45) is 5.10 Å². The van der Waals surface area contributed by atoms with Gasteiger partial charge in [0.25, 0.3) is 5.56 Å². The highest BCUT2D eigenvalue weighted by molar-refractivity contribution is 9.10. The van der Waals surface area contributed by atoms with Gasteiger partial charge < -0.3 is 9.84 Å². The third-order valence-corrected chi connectivity index (χ3v) is 5.63. The molecule has 0 aliphatic carbocycles. The molecule has 1 N–H and O–H groups in total. The van der Waals surface area contributed by atoms with Crippen molar-refractivity contribution in [3.05, 3.63) is 67.1 Å². The summed E-state index contributed by atoms with van der Waals surface area (Å²) in [5, 5.41) is 13.6. The molecule has 0 saturated carbocycles. The van der Waals surface area contributed by atoms with E-state index in [1.54, 1.807) is 30.5 Å². The predicted octanol–water partition coefficient (Wildman–Crippen LogP) is 4.78. The monoisotopic (exact) mass is 535 g/mol. The van der Waals surface area contributed by atoms with Crippen molar-refractivity contribution >= 4 is 54.9 Å². The first kappa shape index (κ1) is 22.2. The molecule has 3 rings (SSSR count). The molecule has 9 heteroatoms. The molecule has 1 atom stereocenters. The Morgan fingerprint density at radius 1 is 1.30 bits per heavy atom. The molecule has 0 spiro atoms. The Labute approximate surface area is 189 Å². The number of halogens is 2. The predicted molar refractivity (Wildman–Crippen MR) is 123 cm³/mol. The lowest BCUT2D eigenvalue weighted by molar-refractivity contribution is -0.139. The summed E-state index contributed by atoms with van der Waals surface area (Å²) in [4.78, 5) is 28.5. The van der Waals surface area contributed by atoms with Gasteiger partial charge in [0.2, 0.25) is 0 Å². The van der Waals surface area contributed by atoms with Crippen LogP contribution in [0.25, 0.3) is 10.9 Å². The molecule has 3 aromatic rings. The first-order chi connectivity index (χ1) is 14.3. The number of carboxylic acid groups (broad SMARTS) is 1. The van der Waals surface area contributed by atoms with Crippen LogP contribution in [0.3, 0.4) is 0 Å². The van der Waals surface area contributed by atoms with Crippen molar-refractivity contribution in [2.45, 2.75) is 26.2 Å². The van der Waals surface area contributed by atoms with E-state index in [9.17, 15) is 9.59 Å². The van der Waals surface area contributed by atoms with Crippen LogP contribution in [0.1, 0.15) is 37.6 Å². The zero-order chi connectivity index (χ0) is 21.8. The number of fused-ring (bicyclic) bond motifs is 1. The smallest absolute Gasteiger partial charge is 0.341 e. The van der Waals surface area contributed by atoms with Crippen LogP contribution >= 0.6 is 31.9 Å². The average Bonchev–Trinajstić information content (AvgIpc) is 2.72. The van der Waals surface area contributed by atoms with Gasteiger partial charge in [-0.05, 0) is 64.3 Å². The highest BCUT2D eigenvalue weighted by atomic mass is 79.9. The van der Waals surface area contributed by atoms with Crippen LogP contribution < -0.4 is 10.3 Å². The summed E-state index contributed by atoms with van der Waals surface area (Å²) in [7, 11) is 0. The minimum atomic E-state index is -1.06. The van der Waals surface area contributed by atoms with Gasteiger partial charge in [-0.3, -0.25) is 4.79 Å². The quantitative estimate of drug-likeness (QED) is 0.438. The minimum absolute atomic E-state index is 0.0430. The van der Waals surface area contributed by atoms with Gasteiger partial charge in [0.05, 0.1) is 21.6 Å². The van der Waals surface area contributed by atoms with Gasteiger partial charge in [0.1, 0.15) is 11.6 Å². The molecule has 0 bridgehead atoms. The second kappa shape index (κ2) is 9.53. The molecule has 0 saturated heterocycles. The highest BCUT2D eigenvalue weighted by Gasteiger charge is 2.15. The molecule has 1 heterocycles. The summed E-state index contributed by atoms with van der Waals surface area (Å²) in [6.07, 6.45) is 2.37. The Balaban J connectivity index is 2.02. The molecule has 1 aromatic heterocycles. The van der Waals surface area contributed by atoms with E-state index in [1.807, 2.05) is 26.0 Å². The maximum absolute atomic E-state index is 13.1. The largest absolute Gasteiger partial charge is 0.481 e. The summed E-state index contributed by atoms with van der Waals surface area (Å²) < 4.78 is 7.92. The Bertz CT molecular complexity index is 1190. The second-order valence-corrected chi connectivity index (χ2v) is 8.44. The van der Waals surface area contributed by atoms with Crippen molar-refractivity contribution < 1.29 is 14.6 Å². The van der Waals surface area contributed by atoms with Crippen molar-refractivity contribution in [3.63, 3.8) is 0 Å². The average molecular weight is 537 g/mol. The molecule has 156 valence electrons. The van der Waals surface area contributed by atoms with Gasteiger partial charge in [0, 0.05) is 10.4 Å². The topological polar surface area (TPSA) is 93.8 Å². The number of rotatable bonds is 7. The van der Waals surface area contributed by atoms with Crippen LogP contribution in [0.2, 0.25) is 0 Å². The van der Waals surface area contributed by atoms with E-state index in [2.05, 4.69) is 41.9 Å². The summed E-state index contributed by atoms with van der Waals surface area (Å²) in [6.45, 7) is 3.60. The van der Waals surface area contributed by atoms with Crippen LogP contribution in [-0.4, -0.2) is 33.6 Å². The lowest BCUT2D eigenvalue weighted by Crippen LogP contribution is -2.23. The number of aromatic nitrogens is 2. The Morgan fingerprint density at radius 3 is 2.73 bits per heavy atom. The van der Waals surface area contributed by atoms with Gasteiger partial charge in [-0.25, -0.2) is 9.78 Å². The number of carbonyl (C=O) groups is 1. The van der Waals surface area contributed by atoms with Gasteiger partial charge in [-0.2, -0.15) is 9.78 Å². The normalized spacial score (nSPS) is 12.4. The lowest BCUT2D eigenvalue weighted by atomic mass is 10.1. The summed E-state index contributed by atoms with van der Waals surface area (Å²) in [6, 6.07) is 10.5. The van der Waals surface area contributed by atoms with Gasteiger partial charge in [-0.1, -0.05) is 29.8 Å². The summed E-state index contributed by atoms with van der Waals surface area (Å²) in [5.41, 5.74) is 1.10. The number of ether oxygens (including phenoxy) is 1. The van der Waals surface area contributed by atoms with E-state index >= 15 is 0 Å². The fourth-order valence-corrected chi connectivity index (χ4v) is 3.63. The van der Waals surface area contributed by atoms with Crippen LogP contribution in [0, 0.1) is 0 Å². The van der Waals surface area contributed by atoms with Crippen molar-refractivity contribution in [3.8, 4) is 5.75 Å². The number of hydrogen-bond donors (Lipinski definition) is 1. The zero-order valence-electron chi connectivity index (χ0n) is 16.3. The van der Waals surface area contributed by atoms with Crippen molar-refractivity contribution in [2.75, 3.05) is 6.61 Å². The maximum Gasteiger partial charge on any atom is 0.341 e. The summed E-state index contributed by atoms with van der Waals surface area (Å²) in [5.74, 6) is -0.0142. The van der Waals surface area contributed by atoms with Crippen molar-refractivity contribution in [1.29, 1.82) is 0 Å². The molecule has 7 nitrogen and oxygen atoms in total. The molecule has 0 unspecified atom stereocenters. The number of benzene rings is 2. The third-order valence-electron chi connectivity index (χ3n) is 4.52. The Kier molecular flexibility index (Phi) is 7.04. The van der Waals surface area contributed by atoms with Crippen molar-refractivity contribution in [1.82, 2.24) is 9.66 Å². The summed E-state index contributed by atoms with van der Waals surface area (Å²) >= 11 is 6.76. The standard InChI is InChI=1S/C21H19Br2N3O4/c1-3-12(2)20-25-17-6-5-14(22)9-15(17)21(29)26(20)24-10-13-4-7-18(16(23)8-13)30-11-19(27)28/h4-10,12H,3,11H2,1-2H3,(H,27,28)/t12-/m0/s1. The van der Waals surface area contributed by atoms with E-state index in [4.69, 9.17) is 9.84 Å². The first-order valence-corrected chi connectivity index (χ1v) is 10.8. The van der Waals surface area contributed by atoms with Crippen LogP contribution in [0.4, 0.5) is 0 Å². The number of nitrogens with zero attached hydrogens (tertiary/aromatic N) is 3. The van der Waals surface area contributed by atoms with Crippen LogP contribution in [0.5, 0.6) is 5.75 Å². The van der Waals surface area contributed by atoms with E-state index < -0.39 is 12.6 Å². The number of aliphatic carboxylic acids is 1. The highest BCUT2D eigenvalue weighted by Crippen LogP contribution is 2.26. The lowest BCUT2D eigenvalue weighted by Gasteiger charge is -2.14. The molecular formula is C21H19Br2N3O4. The molecule has 0 fully saturated rings. The van der Waals surface area contributed by atoms with E-state index in [-0.39, 0.29) is 11.5 Å². The van der Waals surface area contributed by atoms with Crippen LogP contribution in [0.15, 0.2) is 55.2 Å². The Hall–Kier alpha value is -2.52. The minimum Gasteiger partial charge on any atom is -0.481 e. The number of carboxylic acids is 1. The number of hydrogen-bond acceptors (Lipinski definition) is 5. The molecule has 0 aliphatic rings. The molecule has 0 amide bonds. The molecule has 2 aromatic carbocycles. The molecular weight excluding hydrogens is 518 g/mol. The first-order valence-electron chi connectivity index (χ1n) is 9.20. The molecule has 30 heavy (non-hydrogen) atoms. The van der Waals surface area contributed by atoms with E-state index in [0.717, 1.165) is 10.9 Å². The SMILES string of the molecule is CC[C@H](C)c1nc2ccc(Br)cc2c(=O)n1N=Cc1ccc(OCC(=O)O)c(Br)c1. The van der Waals surface area contributed by atoms with Gasteiger partial charge in [0.15, 0.2) is 6.61 Å². The molecule has 0 radical (unpaired) electrons. The maximum atomic E-state index is 13.1. The second-order valence-electron chi connectivity index (χ2n) is 6.67. The molecule has 0 aliphatic heterocycles. The van der Waals surface area contributed by atoms with Crippen LogP contribution in [-0.2, 0) is 4.79 Å². The van der Waals surface area contributed by atoms with Gasteiger partial charge >= 0.3 is 5.97 Å². The fraction of sp³-hybridized carbons (Fsp3) is 0.238. The van der Waals surface area contributed by atoms with Gasteiger partial charge in [-0.15, -0.1) is 0 Å². The van der Waals surface area contributed by atoms with E-state index in [1.165, 1.54) is 4.68 Å². The van der Waals surface area contributed by atoms with E-state index in [0.29, 0.717) is 32.5 Å².